The SMILES string of the molecule is Cc1noc([C@H](CSCC2=C(OC(=O)OC(C)(C)C)N3C(=O)[C@@H]4[C@H]3C2CCN4OC(=O)OC(C)(C)C)NC(=O)OC(C)(C)C)n1. The maximum Gasteiger partial charge on any atom is 0.528 e. The number of carbonyl (C=O) groups excluding carboxylic acids is 4. The number of nitrogens with one attached hydrogen (secondary N) is 1. The Kier molecular flexibility index (Phi) is 9.69. The van der Waals surface area contributed by atoms with Crippen LogP contribution < -0.4 is 5.32 Å². The van der Waals surface area contributed by atoms with Crippen LogP contribution in [0.15, 0.2) is 16.0 Å². The van der Waals surface area contributed by atoms with Crippen LogP contribution in [0.4, 0.5) is 14.4 Å². The minimum Gasteiger partial charge on any atom is -0.444 e. The normalized spacial score (nSPS) is 22.3. The Morgan fingerprint density at radius 1 is 1.00 bits per heavy atom. The van der Waals surface area contributed by atoms with Gasteiger partial charge in [0.15, 0.2) is 5.82 Å². The topological polar surface area (TPSA) is 172 Å². The van der Waals surface area contributed by atoms with Gasteiger partial charge in [0.2, 0.25) is 11.8 Å². The van der Waals surface area contributed by atoms with Gasteiger partial charge in [-0.2, -0.15) is 16.7 Å². The summed E-state index contributed by atoms with van der Waals surface area (Å²) in [5.41, 5.74) is -1.58. The first-order chi connectivity index (χ1) is 20.7. The first-order valence-corrected chi connectivity index (χ1v) is 15.9. The Bertz CT molecular complexity index is 1340. The van der Waals surface area contributed by atoms with Crippen molar-refractivity contribution < 1.29 is 47.5 Å². The maximum atomic E-state index is 13.4. The molecule has 3 aliphatic heterocycles. The zero-order chi connectivity index (χ0) is 33.5. The van der Waals surface area contributed by atoms with E-state index in [1.807, 2.05) is 0 Å². The van der Waals surface area contributed by atoms with Crippen molar-refractivity contribution in [3.05, 3.63) is 23.2 Å². The number of β-lactam (4-membered cyclic amide) rings is 1. The maximum absolute atomic E-state index is 13.4. The van der Waals surface area contributed by atoms with Crippen molar-refractivity contribution in [2.45, 2.75) is 111 Å². The predicted molar refractivity (Wildman–Crippen MR) is 159 cm³/mol. The summed E-state index contributed by atoms with van der Waals surface area (Å²) in [5, 5.41) is 7.97. The lowest BCUT2D eigenvalue weighted by molar-refractivity contribution is -0.223. The lowest BCUT2D eigenvalue weighted by atomic mass is 9.79. The zero-order valence-corrected chi connectivity index (χ0v) is 28.2. The molecule has 0 bridgehead atoms. The minimum atomic E-state index is -0.942. The van der Waals surface area contributed by atoms with Crippen LogP contribution in [-0.4, -0.2) is 91.4 Å². The van der Waals surface area contributed by atoms with Gasteiger partial charge in [-0.15, -0.1) is 5.06 Å². The molecule has 2 fully saturated rings. The highest BCUT2D eigenvalue weighted by Gasteiger charge is 2.64. The third-order valence-electron chi connectivity index (χ3n) is 6.66. The Morgan fingerprint density at radius 2 is 1.62 bits per heavy atom. The second kappa shape index (κ2) is 12.7. The second-order valence-corrected chi connectivity index (χ2v) is 15.1. The number of alkyl carbamates (subject to hydrolysis) is 1. The van der Waals surface area contributed by atoms with Crippen molar-refractivity contribution in [2.75, 3.05) is 18.1 Å². The van der Waals surface area contributed by atoms with E-state index in [0.717, 1.165) is 5.57 Å². The fourth-order valence-corrected chi connectivity index (χ4v) is 6.30. The van der Waals surface area contributed by atoms with Crippen molar-refractivity contribution in [3.63, 3.8) is 0 Å². The summed E-state index contributed by atoms with van der Waals surface area (Å²) < 4.78 is 27.1. The molecule has 0 aliphatic carbocycles. The van der Waals surface area contributed by atoms with Gasteiger partial charge in [0.05, 0.1) is 6.04 Å². The van der Waals surface area contributed by atoms with E-state index in [1.54, 1.807) is 69.2 Å². The predicted octanol–water partition coefficient (Wildman–Crippen LogP) is 4.62. The molecule has 15 nitrogen and oxygen atoms in total. The number of nitrogens with zero attached hydrogens (tertiary/aromatic N) is 4. The first kappa shape index (κ1) is 34.3. The quantitative estimate of drug-likeness (QED) is 0.234. The number of carbonyl (C=O) groups is 4. The molecular formula is C29H43N5O10S. The molecule has 1 aromatic heterocycles. The van der Waals surface area contributed by atoms with Gasteiger partial charge in [-0.3, -0.25) is 9.69 Å². The van der Waals surface area contributed by atoms with Crippen LogP contribution in [0.5, 0.6) is 0 Å². The van der Waals surface area contributed by atoms with E-state index >= 15 is 0 Å². The van der Waals surface area contributed by atoms with E-state index < -0.39 is 53.3 Å². The van der Waals surface area contributed by atoms with Gasteiger partial charge >= 0.3 is 18.4 Å². The number of aromatic nitrogens is 2. The highest BCUT2D eigenvalue weighted by Crippen LogP contribution is 2.50. The molecule has 45 heavy (non-hydrogen) atoms. The number of rotatable bonds is 8. The number of hydrogen-bond acceptors (Lipinski definition) is 14. The monoisotopic (exact) mass is 653 g/mol. The summed E-state index contributed by atoms with van der Waals surface area (Å²) >= 11 is 1.42. The molecule has 0 radical (unpaired) electrons. The number of ether oxygens (including phenoxy) is 4. The molecule has 1 N–H and O–H groups in total. The lowest BCUT2D eigenvalue weighted by Crippen LogP contribution is -2.72. The van der Waals surface area contributed by atoms with Crippen LogP contribution in [0.1, 0.15) is 86.5 Å². The standard InChI is InChI=1S/C29H43N5O10S/c1-15-30-21(43-32-15)18(31-24(36)40-27(2,3)4)14-45-13-17-16-11-12-33(44-26(38)42-29(8,9)10)20-19(16)34(22(20)35)23(17)39-25(37)41-28(5,6)7/h16,18-20H,11-14H2,1-10H3,(H,31,36)/t16?,18-,19+,20-/m0/s1. The van der Waals surface area contributed by atoms with E-state index in [0.29, 0.717) is 23.8 Å². The van der Waals surface area contributed by atoms with Crippen LogP contribution in [-0.2, 0) is 28.6 Å². The molecule has 0 saturated carbocycles. The molecule has 2 amide bonds. The minimum absolute atomic E-state index is 0.109. The van der Waals surface area contributed by atoms with Crippen molar-refractivity contribution >= 4 is 36.1 Å². The third-order valence-corrected chi connectivity index (χ3v) is 7.75. The van der Waals surface area contributed by atoms with Gasteiger partial charge in [-0.25, -0.2) is 14.4 Å². The van der Waals surface area contributed by atoms with E-state index in [-0.39, 0.29) is 30.1 Å². The van der Waals surface area contributed by atoms with Crippen LogP contribution in [0, 0.1) is 12.8 Å². The van der Waals surface area contributed by atoms with Gasteiger partial charge in [0.1, 0.15) is 28.9 Å². The van der Waals surface area contributed by atoms with Gasteiger partial charge < -0.3 is 33.6 Å². The Morgan fingerprint density at radius 3 is 2.20 bits per heavy atom. The van der Waals surface area contributed by atoms with E-state index in [2.05, 4.69) is 15.5 Å². The van der Waals surface area contributed by atoms with Crippen molar-refractivity contribution in [1.82, 2.24) is 25.4 Å². The molecule has 16 heteroatoms. The molecule has 0 aromatic carbocycles. The van der Waals surface area contributed by atoms with Crippen LogP contribution in [0.3, 0.4) is 0 Å². The zero-order valence-electron chi connectivity index (χ0n) is 27.4. The Labute approximate surface area is 266 Å². The highest BCUT2D eigenvalue weighted by molar-refractivity contribution is 7.99. The number of amides is 2. The second-order valence-electron chi connectivity index (χ2n) is 14.0. The Balaban J connectivity index is 1.53. The molecule has 4 heterocycles. The van der Waals surface area contributed by atoms with E-state index in [9.17, 15) is 19.2 Å². The van der Waals surface area contributed by atoms with Crippen molar-refractivity contribution in [3.8, 4) is 0 Å². The number of hydroxylamine groups is 2. The molecule has 3 aliphatic rings. The largest absolute Gasteiger partial charge is 0.528 e. The summed E-state index contributed by atoms with van der Waals surface area (Å²) in [4.78, 5) is 62.4. The summed E-state index contributed by atoms with van der Waals surface area (Å²) in [7, 11) is 0. The average Bonchev–Trinajstić information content (AvgIpc) is 3.39. The highest BCUT2D eigenvalue weighted by atomic mass is 32.2. The summed E-state index contributed by atoms with van der Waals surface area (Å²) in [5.74, 6) is 0.804. The number of hydrogen-bond donors (Lipinski definition) is 1. The summed E-state index contributed by atoms with van der Waals surface area (Å²) in [6.07, 6.45) is -1.98. The van der Waals surface area contributed by atoms with E-state index in [1.165, 1.54) is 21.7 Å². The molecule has 2 saturated heterocycles. The first-order valence-electron chi connectivity index (χ1n) is 14.7. The van der Waals surface area contributed by atoms with Crippen LogP contribution >= 0.6 is 11.8 Å². The van der Waals surface area contributed by atoms with Crippen LogP contribution in [0.25, 0.3) is 0 Å². The third kappa shape index (κ3) is 8.60. The van der Waals surface area contributed by atoms with Gasteiger partial charge in [-0.1, -0.05) is 5.16 Å². The molecule has 1 aromatic rings. The summed E-state index contributed by atoms with van der Waals surface area (Å²) in [6, 6.07) is -1.87. The fourth-order valence-electron chi connectivity index (χ4n) is 5.16. The average molecular weight is 654 g/mol. The molecule has 1 unspecified atom stereocenters. The van der Waals surface area contributed by atoms with Gasteiger partial charge in [0, 0.05) is 29.5 Å². The lowest BCUT2D eigenvalue weighted by Gasteiger charge is -2.51. The van der Waals surface area contributed by atoms with Crippen molar-refractivity contribution in [1.29, 1.82) is 0 Å². The van der Waals surface area contributed by atoms with Crippen LogP contribution in [0.2, 0.25) is 0 Å². The fraction of sp³-hybridized carbons (Fsp3) is 0.724. The number of thioether (sulfide) groups is 1. The van der Waals surface area contributed by atoms with Gasteiger partial charge in [-0.05, 0) is 75.7 Å². The molecular weight excluding hydrogens is 610 g/mol. The summed E-state index contributed by atoms with van der Waals surface area (Å²) in [6.45, 7) is 17.5. The molecule has 4 rings (SSSR count). The number of aryl methyl sites for hydroxylation is 1. The van der Waals surface area contributed by atoms with Gasteiger partial charge in [0.25, 0.3) is 5.91 Å². The smallest absolute Gasteiger partial charge is 0.444 e. The number of piperidine rings is 1. The van der Waals surface area contributed by atoms with E-state index in [4.69, 9.17) is 28.3 Å². The van der Waals surface area contributed by atoms with Crippen molar-refractivity contribution in [2.24, 2.45) is 5.92 Å². The Hall–Kier alpha value is -3.53. The molecule has 250 valence electrons. The molecule has 4 atom stereocenters. The molecule has 0 spiro atoms.